The van der Waals surface area contributed by atoms with Gasteiger partial charge in [0.2, 0.25) is 0 Å². The third kappa shape index (κ3) is 1.99. The lowest BCUT2D eigenvalue weighted by Gasteiger charge is -2.26. The third-order valence-corrected chi connectivity index (χ3v) is 3.11. The lowest BCUT2D eigenvalue weighted by atomic mass is 10.5. The van der Waals surface area contributed by atoms with Crippen LogP contribution in [-0.2, 0) is 4.74 Å². The van der Waals surface area contributed by atoms with E-state index in [1.54, 1.807) is 11.3 Å². The van der Waals surface area contributed by atoms with Gasteiger partial charge in [0.05, 0.1) is 13.2 Å². The van der Waals surface area contributed by atoms with E-state index in [2.05, 4.69) is 15.3 Å². The maximum absolute atomic E-state index is 5.30. The van der Waals surface area contributed by atoms with Crippen molar-refractivity contribution in [1.82, 2.24) is 4.98 Å². The van der Waals surface area contributed by atoms with Crippen LogP contribution < -0.4 is 9.80 Å². The molecule has 2 rings (SSSR count). The fourth-order valence-corrected chi connectivity index (χ4v) is 2.31. The zero-order chi connectivity index (χ0) is 9.97. The van der Waals surface area contributed by atoms with E-state index in [0.717, 1.165) is 37.3 Å². The quantitative estimate of drug-likeness (QED) is 0.734. The Morgan fingerprint density at radius 3 is 2.71 bits per heavy atom. The first kappa shape index (κ1) is 9.73. The van der Waals surface area contributed by atoms with Gasteiger partial charge in [-0.25, -0.2) is 4.98 Å². The van der Waals surface area contributed by atoms with Crippen molar-refractivity contribution in [1.29, 1.82) is 0 Å². The molecular weight excluding hydrogens is 198 g/mol. The minimum atomic E-state index is 0.816. The van der Waals surface area contributed by atoms with Crippen molar-refractivity contribution in [3.05, 3.63) is 5.38 Å². The van der Waals surface area contributed by atoms with Crippen LogP contribution in [0.4, 0.5) is 10.9 Å². The molecule has 0 aliphatic carbocycles. The molecule has 2 heterocycles. The smallest absolute Gasteiger partial charge is 0.187 e. The second-order valence-corrected chi connectivity index (χ2v) is 4.32. The predicted molar refractivity (Wildman–Crippen MR) is 59.5 cm³/mol. The molecule has 14 heavy (non-hydrogen) atoms. The summed E-state index contributed by atoms with van der Waals surface area (Å²) in [6.45, 7) is 3.55. The van der Waals surface area contributed by atoms with E-state index in [0.29, 0.717) is 0 Å². The van der Waals surface area contributed by atoms with Crippen LogP contribution in [-0.4, -0.2) is 45.4 Å². The van der Waals surface area contributed by atoms with Crippen molar-refractivity contribution < 1.29 is 4.74 Å². The molecule has 4 nitrogen and oxygen atoms in total. The second-order valence-electron chi connectivity index (χ2n) is 3.48. The van der Waals surface area contributed by atoms with Gasteiger partial charge in [-0.3, -0.25) is 0 Å². The fourth-order valence-electron chi connectivity index (χ4n) is 1.36. The van der Waals surface area contributed by atoms with Gasteiger partial charge in [0.1, 0.15) is 5.82 Å². The summed E-state index contributed by atoms with van der Waals surface area (Å²) in [6, 6.07) is 0. The number of nitrogens with zero attached hydrogens (tertiary/aromatic N) is 3. The number of rotatable bonds is 2. The van der Waals surface area contributed by atoms with Gasteiger partial charge >= 0.3 is 0 Å². The molecule has 1 saturated heterocycles. The molecule has 0 unspecified atom stereocenters. The van der Waals surface area contributed by atoms with Crippen LogP contribution in [0.2, 0.25) is 0 Å². The minimum Gasteiger partial charge on any atom is -0.378 e. The standard InChI is InChI=1S/C9H15N3OS/c1-11(2)8-7-14-9(10-8)12-3-5-13-6-4-12/h7H,3-6H2,1-2H3. The van der Waals surface area contributed by atoms with E-state index < -0.39 is 0 Å². The predicted octanol–water partition coefficient (Wildman–Crippen LogP) is 1.05. The van der Waals surface area contributed by atoms with Crippen LogP contribution in [0.3, 0.4) is 0 Å². The van der Waals surface area contributed by atoms with Gasteiger partial charge in [-0.05, 0) is 0 Å². The normalized spacial score (nSPS) is 17.1. The van der Waals surface area contributed by atoms with Gasteiger partial charge in [0.15, 0.2) is 5.13 Å². The van der Waals surface area contributed by atoms with Crippen LogP contribution in [0.1, 0.15) is 0 Å². The van der Waals surface area contributed by atoms with Crippen molar-refractivity contribution in [2.75, 3.05) is 50.2 Å². The zero-order valence-corrected chi connectivity index (χ0v) is 9.38. The van der Waals surface area contributed by atoms with Gasteiger partial charge in [-0.2, -0.15) is 0 Å². The summed E-state index contributed by atoms with van der Waals surface area (Å²) in [5.74, 6) is 1.04. The highest BCUT2D eigenvalue weighted by Gasteiger charge is 2.14. The summed E-state index contributed by atoms with van der Waals surface area (Å²) in [5.41, 5.74) is 0. The largest absolute Gasteiger partial charge is 0.378 e. The first-order valence-corrected chi connectivity index (χ1v) is 5.61. The van der Waals surface area contributed by atoms with E-state index >= 15 is 0 Å². The van der Waals surface area contributed by atoms with Gasteiger partial charge in [0, 0.05) is 32.6 Å². The lowest BCUT2D eigenvalue weighted by Crippen LogP contribution is -2.36. The number of hydrogen-bond donors (Lipinski definition) is 0. The second kappa shape index (κ2) is 4.14. The highest BCUT2D eigenvalue weighted by molar-refractivity contribution is 7.14. The average molecular weight is 213 g/mol. The first-order chi connectivity index (χ1) is 6.77. The Morgan fingerprint density at radius 1 is 1.43 bits per heavy atom. The third-order valence-electron chi connectivity index (χ3n) is 2.22. The topological polar surface area (TPSA) is 28.6 Å². The number of anilines is 2. The molecule has 0 spiro atoms. The summed E-state index contributed by atoms with van der Waals surface area (Å²) >= 11 is 1.70. The van der Waals surface area contributed by atoms with Crippen LogP contribution in [0.15, 0.2) is 5.38 Å². The van der Waals surface area contributed by atoms with Crippen LogP contribution in [0.5, 0.6) is 0 Å². The van der Waals surface area contributed by atoms with Crippen LogP contribution >= 0.6 is 11.3 Å². The maximum atomic E-state index is 5.30. The molecule has 78 valence electrons. The van der Waals surface area contributed by atoms with Crippen LogP contribution in [0, 0.1) is 0 Å². The Hall–Kier alpha value is -0.810. The van der Waals surface area contributed by atoms with Crippen molar-refractivity contribution in [3.8, 4) is 0 Å². The van der Waals surface area contributed by atoms with Crippen molar-refractivity contribution in [2.24, 2.45) is 0 Å². The highest BCUT2D eigenvalue weighted by atomic mass is 32.1. The molecule has 0 saturated carbocycles. The Bertz CT molecular complexity index is 294. The lowest BCUT2D eigenvalue weighted by molar-refractivity contribution is 0.122. The SMILES string of the molecule is CN(C)c1csc(N2CCOCC2)n1. The van der Waals surface area contributed by atoms with E-state index in [1.165, 1.54) is 0 Å². The Kier molecular flexibility index (Phi) is 2.88. The van der Waals surface area contributed by atoms with Crippen molar-refractivity contribution in [2.45, 2.75) is 0 Å². The highest BCUT2D eigenvalue weighted by Crippen LogP contribution is 2.25. The summed E-state index contributed by atoms with van der Waals surface area (Å²) in [5, 5.41) is 3.20. The average Bonchev–Trinajstić information content (AvgIpc) is 2.68. The van der Waals surface area contributed by atoms with Gasteiger partial charge in [-0.15, -0.1) is 11.3 Å². The zero-order valence-electron chi connectivity index (χ0n) is 8.56. The summed E-state index contributed by atoms with van der Waals surface area (Å²) in [6.07, 6.45) is 0. The molecule has 0 atom stereocenters. The first-order valence-electron chi connectivity index (χ1n) is 4.73. The maximum Gasteiger partial charge on any atom is 0.187 e. The monoisotopic (exact) mass is 213 g/mol. The van der Waals surface area contributed by atoms with E-state index in [9.17, 15) is 0 Å². The number of thiazole rings is 1. The summed E-state index contributed by atoms with van der Waals surface area (Å²) < 4.78 is 5.30. The number of hydrogen-bond acceptors (Lipinski definition) is 5. The Morgan fingerprint density at radius 2 is 2.14 bits per heavy atom. The van der Waals surface area contributed by atoms with Crippen LogP contribution in [0.25, 0.3) is 0 Å². The Labute approximate surface area is 88.1 Å². The molecule has 5 heteroatoms. The number of morpholine rings is 1. The number of ether oxygens (including phenoxy) is 1. The van der Waals surface area contributed by atoms with Crippen molar-refractivity contribution >= 4 is 22.3 Å². The Balaban J connectivity index is 2.07. The molecule has 1 aliphatic heterocycles. The molecule has 1 aliphatic rings. The molecule has 1 aromatic heterocycles. The molecule has 0 bridgehead atoms. The van der Waals surface area contributed by atoms with Gasteiger partial charge < -0.3 is 14.5 Å². The molecule has 0 radical (unpaired) electrons. The van der Waals surface area contributed by atoms with Gasteiger partial charge in [-0.1, -0.05) is 0 Å². The molecule has 1 fully saturated rings. The molecule has 0 N–H and O–H groups in total. The molecule has 1 aromatic rings. The number of aromatic nitrogens is 1. The molecule has 0 amide bonds. The fraction of sp³-hybridized carbons (Fsp3) is 0.667. The molecular formula is C9H15N3OS. The van der Waals surface area contributed by atoms with E-state index in [-0.39, 0.29) is 0 Å². The minimum absolute atomic E-state index is 0.816. The summed E-state index contributed by atoms with van der Waals surface area (Å²) in [4.78, 5) is 8.86. The van der Waals surface area contributed by atoms with E-state index in [4.69, 9.17) is 4.74 Å². The molecule has 0 aromatic carbocycles. The summed E-state index contributed by atoms with van der Waals surface area (Å²) in [7, 11) is 4.02. The van der Waals surface area contributed by atoms with E-state index in [1.807, 2.05) is 19.0 Å². The van der Waals surface area contributed by atoms with Gasteiger partial charge in [0.25, 0.3) is 0 Å². The van der Waals surface area contributed by atoms with Crippen molar-refractivity contribution in [3.63, 3.8) is 0 Å².